The molecule has 2 aromatic heterocycles. The van der Waals surface area contributed by atoms with Crippen LogP contribution in [0, 0.1) is 0 Å². The Balaban J connectivity index is 1.66. The van der Waals surface area contributed by atoms with Gasteiger partial charge in [-0.2, -0.15) is 4.83 Å². The molecule has 96 valence electrons. The zero-order valence-electron chi connectivity index (χ0n) is 9.63. The molecule has 3 aromatic rings. The summed E-state index contributed by atoms with van der Waals surface area (Å²) in [4.78, 5) is 13.5. The lowest BCUT2D eigenvalue weighted by Crippen LogP contribution is -2.14. The lowest BCUT2D eigenvalue weighted by Gasteiger charge is -2.07. The third-order valence-electron chi connectivity index (χ3n) is 2.41. The number of nitrogens with zero attached hydrogens (tertiary/aromatic N) is 2. The average Bonchev–Trinajstić information content (AvgIpc) is 2.90. The van der Waals surface area contributed by atoms with E-state index in [-0.39, 0.29) is 0 Å². The molecule has 0 bridgehead atoms. The Kier molecular flexibility index (Phi) is 3.84. The maximum atomic E-state index is 5.83. The molecule has 1 aromatic carbocycles. The van der Waals surface area contributed by atoms with Crippen molar-refractivity contribution in [2.45, 2.75) is 4.90 Å². The van der Waals surface area contributed by atoms with E-state index < -0.39 is 0 Å². The highest BCUT2D eigenvalue weighted by atomic mass is 35.5. The minimum absolute atomic E-state index is 0.730. The number of rotatable bonds is 4. The smallest absolute Gasteiger partial charge is 0.153 e. The molecule has 7 heteroatoms. The fourth-order valence-corrected chi connectivity index (χ4v) is 2.92. The number of fused-ring (bicyclic) bond motifs is 1. The van der Waals surface area contributed by atoms with Gasteiger partial charge in [-0.15, -0.1) is 11.3 Å². The van der Waals surface area contributed by atoms with E-state index in [1.54, 1.807) is 17.7 Å². The summed E-state index contributed by atoms with van der Waals surface area (Å²) in [5, 5.41) is 3.74. The molecular weight excluding hydrogens is 300 g/mol. The predicted octanol–water partition coefficient (Wildman–Crippen LogP) is 3.97. The molecule has 0 fully saturated rings. The fourth-order valence-electron chi connectivity index (χ4n) is 1.53. The number of hydrogen-bond donors (Lipinski definition) is 2. The van der Waals surface area contributed by atoms with E-state index in [2.05, 4.69) is 20.2 Å². The van der Waals surface area contributed by atoms with Crippen molar-refractivity contribution in [1.82, 2.24) is 14.8 Å². The zero-order chi connectivity index (χ0) is 13.1. The van der Waals surface area contributed by atoms with E-state index in [1.807, 2.05) is 35.7 Å². The van der Waals surface area contributed by atoms with Gasteiger partial charge in [-0.25, -0.2) is 9.97 Å². The van der Waals surface area contributed by atoms with Crippen molar-refractivity contribution in [1.29, 1.82) is 0 Å². The van der Waals surface area contributed by atoms with Gasteiger partial charge in [0, 0.05) is 9.92 Å². The first-order chi connectivity index (χ1) is 9.33. The van der Waals surface area contributed by atoms with Crippen LogP contribution in [-0.2, 0) is 0 Å². The summed E-state index contributed by atoms with van der Waals surface area (Å²) in [5.41, 5.74) is 3.07. The van der Waals surface area contributed by atoms with E-state index in [9.17, 15) is 0 Å². The second-order valence-corrected chi connectivity index (χ2v) is 5.86. The van der Waals surface area contributed by atoms with Gasteiger partial charge in [-0.05, 0) is 47.7 Å². The topological polar surface area (TPSA) is 49.8 Å². The Labute approximate surface area is 123 Å². The van der Waals surface area contributed by atoms with E-state index in [4.69, 9.17) is 11.6 Å². The summed E-state index contributed by atoms with van der Waals surface area (Å²) in [6.45, 7) is 0. The standard InChI is InChI=1S/C12H9ClN4S2/c13-8-1-3-9(4-2-8)19-17-16-11-10-5-6-18-12(10)15-7-14-11/h1-7,17H,(H,14,15,16). The van der Waals surface area contributed by atoms with Gasteiger partial charge in [-0.1, -0.05) is 11.6 Å². The van der Waals surface area contributed by atoms with Crippen molar-refractivity contribution in [2.75, 3.05) is 5.43 Å². The van der Waals surface area contributed by atoms with Gasteiger partial charge in [-0.3, -0.25) is 5.43 Å². The Morgan fingerprint density at radius 1 is 1.11 bits per heavy atom. The van der Waals surface area contributed by atoms with Crippen LogP contribution < -0.4 is 10.3 Å². The highest BCUT2D eigenvalue weighted by molar-refractivity contribution is 7.97. The van der Waals surface area contributed by atoms with Gasteiger partial charge in [0.2, 0.25) is 0 Å². The van der Waals surface area contributed by atoms with Crippen LogP contribution in [0.15, 0.2) is 46.9 Å². The lowest BCUT2D eigenvalue weighted by molar-refractivity contribution is 1.13. The van der Waals surface area contributed by atoms with Crippen LogP contribution in [0.2, 0.25) is 5.02 Å². The summed E-state index contributed by atoms with van der Waals surface area (Å²) >= 11 is 8.88. The third-order valence-corrected chi connectivity index (χ3v) is 4.20. The van der Waals surface area contributed by atoms with Gasteiger partial charge in [0.05, 0.1) is 5.39 Å². The van der Waals surface area contributed by atoms with Crippen molar-refractivity contribution >= 4 is 50.9 Å². The van der Waals surface area contributed by atoms with Crippen molar-refractivity contribution < 1.29 is 0 Å². The number of hydrogen-bond acceptors (Lipinski definition) is 6. The lowest BCUT2D eigenvalue weighted by atomic mass is 10.4. The van der Waals surface area contributed by atoms with Crippen LogP contribution in [0.25, 0.3) is 10.2 Å². The molecule has 3 rings (SSSR count). The van der Waals surface area contributed by atoms with Gasteiger partial charge < -0.3 is 0 Å². The molecule has 19 heavy (non-hydrogen) atoms. The number of nitrogens with one attached hydrogen (secondary N) is 2. The molecule has 0 unspecified atom stereocenters. The Morgan fingerprint density at radius 3 is 2.79 bits per heavy atom. The van der Waals surface area contributed by atoms with Gasteiger partial charge >= 0.3 is 0 Å². The normalized spacial score (nSPS) is 10.8. The molecule has 2 N–H and O–H groups in total. The highest BCUT2D eigenvalue weighted by Gasteiger charge is 2.03. The zero-order valence-corrected chi connectivity index (χ0v) is 12.0. The van der Waals surface area contributed by atoms with Crippen molar-refractivity contribution in [2.24, 2.45) is 0 Å². The summed E-state index contributed by atoms with van der Waals surface area (Å²) in [7, 11) is 0. The molecule has 0 aliphatic carbocycles. The van der Waals surface area contributed by atoms with E-state index in [0.717, 1.165) is 26.0 Å². The predicted molar refractivity (Wildman–Crippen MR) is 81.5 cm³/mol. The summed E-state index contributed by atoms with van der Waals surface area (Å²) in [6.07, 6.45) is 1.55. The third kappa shape index (κ3) is 2.98. The van der Waals surface area contributed by atoms with Gasteiger partial charge in [0.25, 0.3) is 0 Å². The minimum atomic E-state index is 0.730. The second kappa shape index (κ2) is 5.75. The number of thiophene rings is 1. The molecule has 0 aliphatic heterocycles. The van der Waals surface area contributed by atoms with Crippen molar-refractivity contribution in [3.63, 3.8) is 0 Å². The van der Waals surface area contributed by atoms with Crippen LogP contribution >= 0.6 is 34.9 Å². The number of hydrazine groups is 1. The first-order valence-electron chi connectivity index (χ1n) is 5.44. The number of aromatic nitrogens is 2. The fraction of sp³-hybridized carbons (Fsp3) is 0. The number of benzene rings is 1. The molecule has 0 saturated heterocycles. The first kappa shape index (κ1) is 12.7. The summed E-state index contributed by atoms with van der Waals surface area (Å²) in [6, 6.07) is 9.60. The molecular formula is C12H9ClN4S2. The van der Waals surface area contributed by atoms with E-state index >= 15 is 0 Å². The number of halogens is 1. The monoisotopic (exact) mass is 308 g/mol. The Hall–Kier alpha value is -1.34. The van der Waals surface area contributed by atoms with Crippen LogP contribution in [0.1, 0.15) is 0 Å². The maximum absolute atomic E-state index is 5.83. The van der Waals surface area contributed by atoms with E-state index in [1.165, 1.54) is 11.9 Å². The highest BCUT2D eigenvalue weighted by Crippen LogP contribution is 2.24. The molecule has 0 aliphatic rings. The van der Waals surface area contributed by atoms with Crippen LogP contribution in [0.5, 0.6) is 0 Å². The first-order valence-corrected chi connectivity index (χ1v) is 7.52. The Bertz CT molecular complexity index is 684. The van der Waals surface area contributed by atoms with Crippen LogP contribution in [0.4, 0.5) is 5.82 Å². The van der Waals surface area contributed by atoms with Crippen LogP contribution in [0.3, 0.4) is 0 Å². The van der Waals surface area contributed by atoms with Gasteiger partial charge in [0.15, 0.2) is 5.82 Å². The minimum Gasteiger partial charge on any atom is -0.295 e. The van der Waals surface area contributed by atoms with Gasteiger partial charge in [0.1, 0.15) is 11.2 Å². The molecule has 0 atom stereocenters. The summed E-state index contributed by atoms with van der Waals surface area (Å²) < 4.78 is 0. The number of anilines is 1. The molecule has 0 saturated carbocycles. The quantitative estimate of drug-likeness (QED) is 0.564. The molecule has 0 spiro atoms. The SMILES string of the molecule is Clc1ccc(SNNc2ncnc3sccc23)cc1. The van der Waals surface area contributed by atoms with Crippen LogP contribution in [-0.4, -0.2) is 9.97 Å². The van der Waals surface area contributed by atoms with Crippen molar-refractivity contribution in [3.8, 4) is 0 Å². The maximum Gasteiger partial charge on any atom is 0.153 e. The largest absolute Gasteiger partial charge is 0.295 e. The second-order valence-electron chi connectivity index (χ2n) is 3.64. The molecule has 4 nitrogen and oxygen atoms in total. The van der Waals surface area contributed by atoms with E-state index in [0.29, 0.717) is 0 Å². The molecule has 0 amide bonds. The average molecular weight is 309 g/mol. The Morgan fingerprint density at radius 2 is 1.95 bits per heavy atom. The molecule has 2 heterocycles. The van der Waals surface area contributed by atoms with Crippen molar-refractivity contribution in [3.05, 3.63) is 47.1 Å². The molecule has 0 radical (unpaired) electrons. The summed E-state index contributed by atoms with van der Waals surface area (Å²) in [5.74, 6) is 0.771.